The van der Waals surface area contributed by atoms with E-state index < -0.39 is 0 Å². The highest BCUT2D eigenvalue weighted by Gasteiger charge is 1.98. The van der Waals surface area contributed by atoms with Crippen LogP contribution >= 0.6 is 0 Å². The second-order valence-electron chi connectivity index (χ2n) is 5.15. The third-order valence-electron chi connectivity index (χ3n) is 3.13. The minimum absolute atomic E-state index is 0.270. The van der Waals surface area contributed by atoms with Gasteiger partial charge in [0, 0.05) is 6.04 Å². The Kier molecular flexibility index (Phi) is 7.99. The van der Waals surface area contributed by atoms with Gasteiger partial charge < -0.3 is 10.5 Å². The van der Waals surface area contributed by atoms with Crippen molar-refractivity contribution in [2.45, 2.75) is 51.5 Å². The Labute approximate surface area is 117 Å². The minimum atomic E-state index is 0.270. The topological polar surface area (TPSA) is 35.2 Å². The van der Waals surface area contributed by atoms with E-state index in [4.69, 9.17) is 10.5 Å². The first-order chi connectivity index (χ1) is 9.22. The van der Waals surface area contributed by atoms with Crippen LogP contribution in [0.3, 0.4) is 0 Å². The summed E-state index contributed by atoms with van der Waals surface area (Å²) in [7, 11) is 0. The van der Waals surface area contributed by atoms with Crippen LogP contribution in [0.4, 0.5) is 0 Å². The van der Waals surface area contributed by atoms with Crippen LogP contribution in [-0.2, 0) is 6.42 Å². The third kappa shape index (κ3) is 7.68. The first kappa shape index (κ1) is 15.8. The van der Waals surface area contributed by atoms with E-state index in [-0.39, 0.29) is 6.04 Å². The molecule has 0 bridgehead atoms. The number of rotatable bonds is 10. The Hall–Kier alpha value is -1.28. The standard InChI is InChI=1S/C17H27NO/c1-3-4-5-6-7-14-19-17-12-10-16(11-13-17)9-8-15(2)18/h3,10-13,15H,1,4-9,14,18H2,2H3. The maximum Gasteiger partial charge on any atom is 0.119 e. The maximum absolute atomic E-state index is 5.75. The number of hydrogen-bond donors (Lipinski definition) is 1. The number of benzene rings is 1. The molecule has 1 unspecified atom stereocenters. The summed E-state index contributed by atoms with van der Waals surface area (Å²) in [5.74, 6) is 0.966. The van der Waals surface area contributed by atoms with Gasteiger partial charge in [-0.25, -0.2) is 0 Å². The van der Waals surface area contributed by atoms with E-state index >= 15 is 0 Å². The third-order valence-corrected chi connectivity index (χ3v) is 3.13. The molecule has 0 aliphatic rings. The average Bonchev–Trinajstić information content (AvgIpc) is 2.41. The Bertz CT molecular complexity index is 343. The van der Waals surface area contributed by atoms with Crippen LogP contribution < -0.4 is 10.5 Å². The predicted molar refractivity (Wildman–Crippen MR) is 82.6 cm³/mol. The second kappa shape index (κ2) is 9.62. The number of nitrogens with two attached hydrogens (primary N) is 1. The number of aryl methyl sites for hydroxylation is 1. The quantitative estimate of drug-likeness (QED) is 0.508. The summed E-state index contributed by atoms with van der Waals surface area (Å²) in [6.45, 7) is 6.57. The zero-order valence-electron chi connectivity index (χ0n) is 12.1. The second-order valence-corrected chi connectivity index (χ2v) is 5.15. The van der Waals surface area contributed by atoms with Gasteiger partial charge in [-0.2, -0.15) is 0 Å². The van der Waals surface area contributed by atoms with E-state index in [9.17, 15) is 0 Å². The molecule has 0 spiro atoms. The van der Waals surface area contributed by atoms with E-state index in [2.05, 4.69) is 30.8 Å². The lowest BCUT2D eigenvalue weighted by Crippen LogP contribution is -2.15. The largest absolute Gasteiger partial charge is 0.494 e. The molecule has 1 aromatic carbocycles. The molecular formula is C17H27NO. The molecule has 1 atom stereocenters. The molecule has 0 aromatic heterocycles. The van der Waals surface area contributed by atoms with Crippen molar-refractivity contribution in [3.05, 3.63) is 42.5 Å². The van der Waals surface area contributed by atoms with Crippen molar-refractivity contribution < 1.29 is 4.74 Å². The van der Waals surface area contributed by atoms with Crippen LogP contribution in [0.25, 0.3) is 0 Å². The van der Waals surface area contributed by atoms with Crippen molar-refractivity contribution in [2.75, 3.05) is 6.61 Å². The van der Waals surface area contributed by atoms with Crippen molar-refractivity contribution >= 4 is 0 Å². The Balaban J connectivity index is 2.18. The molecule has 0 fully saturated rings. The highest BCUT2D eigenvalue weighted by atomic mass is 16.5. The SMILES string of the molecule is C=CCCCCCOc1ccc(CCC(C)N)cc1. The number of ether oxygens (including phenoxy) is 1. The van der Waals surface area contributed by atoms with Gasteiger partial charge >= 0.3 is 0 Å². The zero-order valence-corrected chi connectivity index (χ0v) is 12.1. The molecule has 106 valence electrons. The van der Waals surface area contributed by atoms with Crippen molar-refractivity contribution in [1.29, 1.82) is 0 Å². The van der Waals surface area contributed by atoms with Crippen LogP contribution in [0.5, 0.6) is 5.75 Å². The molecule has 0 aliphatic heterocycles. The van der Waals surface area contributed by atoms with E-state index in [1.54, 1.807) is 0 Å². The maximum atomic E-state index is 5.75. The van der Waals surface area contributed by atoms with Crippen molar-refractivity contribution in [3.8, 4) is 5.75 Å². The normalized spacial score (nSPS) is 12.1. The number of allylic oxidation sites excluding steroid dienone is 1. The van der Waals surface area contributed by atoms with Gasteiger partial charge in [-0.3, -0.25) is 0 Å². The van der Waals surface area contributed by atoms with Crippen LogP contribution in [0.2, 0.25) is 0 Å². The fraction of sp³-hybridized carbons (Fsp3) is 0.529. The van der Waals surface area contributed by atoms with Crippen molar-refractivity contribution in [2.24, 2.45) is 5.73 Å². The predicted octanol–water partition coefficient (Wildman–Crippen LogP) is 4.09. The molecule has 0 aliphatic carbocycles. The highest BCUT2D eigenvalue weighted by molar-refractivity contribution is 5.27. The van der Waals surface area contributed by atoms with Gasteiger partial charge in [-0.1, -0.05) is 18.2 Å². The fourth-order valence-corrected chi connectivity index (χ4v) is 1.90. The molecule has 0 radical (unpaired) electrons. The van der Waals surface area contributed by atoms with Crippen LogP contribution in [-0.4, -0.2) is 12.6 Å². The number of hydrogen-bond acceptors (Lipinski definition) is 2. The minimum Gasteiger partial charge on any atom is -0.494 e. The average molecular weight is 261 g/mol. The van der Waals surface area contributed by atoms with Crippen LogP contribution in [0.1, 0.15) is 44.6 Å². The molecule has 2 heteroatoms. The van der Waals surface area contributed by atoms with Gasteiger partial charge in [0.2, 0.25) is 0 Å². The first-order valence-electron chi connectivity index (χ1n) is 7.30. The van der Waals surface area contributed by atoms with Gasteiger partial charge in [0.1, 0.15) is 5.75 Å². The van der Waals surface area contributed by atoms with E-state index in [0.717, 1.165) is 38.0 Å². The van der Waals surface area contributed by atoms with Crippen molar-refractivity contribution in [3.63, 3.8) is 0 Å². The van der Waals surface area contributed by atoms with E-state index in [0.29, 0.717) is 0 Å². The lowest BCUT2D eigenvalue weighted by molar-refractivity contribution is 0.305. The summed E-state index contributed by atoms with van der Waals surface area (Å²) < 4.78 is 5.72. The molecular weight excluding hydrogens is 234 g/mol. The Morgan fingerprint density at radius 3 is 2.58 bits per heavy atom. The summed E-state index contributed by atoms with van der Waals surface area (Å²) in [6, 6.07) is 8.65. The van der Waals surface area contributed by atoms with Gasteiger partial charge in [-0.15, -0.1) is 6.58 Å². The summed E-state index contributed by atoms with van der Waals surface area (Å²) in [5, 5.41) is 0. The van der Waals surface area contributed by atoms with Crippen LogP contribution in [0.15, 0.2) is 36.9 Å². The molecule has 0 saturated carbocycles. The van der Waals surface area contributed by atoms with Gasteiger partial charge in [-0.05, 0) is 63.1 Å². The monoisotopic (exact) mass is 261 g/mol. The molecule has 0 heterocycles. The fourth-order valence-electron chi connectivity index (χ4n) is 1.90. The summed E-state index contributed by atoms with van der Waals surface area (Å²) in [4.78, 5) is 0. The molecule has 1 rings (SSSR count). The molecule has 0 amide bonds. The summed E-state index contributed by atoms with van der Waals surface area (Å²) in [5.41, 5.74) is 7.08. The lowest BCUT2D eigenvalue weighted by atomic mass is 10.1. The number of unbranched alkanes of at least 4 members (excludes halogenated alkanes) is 3. The van der Waals surface area contributed by atoms with E-state index in [1.165, 1.54) is 18.4 Å². The summed E-state index contributed by atoms with van der Waals surface area (Å²) in [6.07, 6.45) is 8.68. The van der Waals surface area contributed by atoms with Gasteiger partial charge in [0.25, 0.3) is 0 Å². The highest BCUT2D eigenvalue weighted by Crippen LogP contribution is 2.14. The van der Waals surface area contributed by atoms with Gasteiger partial charge in [0.05, 0.1) is 6.61 Å². The first-order valence-corrected chi connectivity index (χ1v) is 7.30. The Morgan fingerprint density at radius 1 is 1.21 bits per heavy atom. The molecule has 0 saturated heterocycles. The summed E-state index contributed by atoms with van der Waals surface area (Å²) >= 11 is 0. The Morgan fingerprint density at radius 2 is 1.95 bits per heavy atom. The lowest BCUT2D eigenvalue weighted by Gasteiger charge is -2.08. The smallest absolute Gasteiger partial charge is 0.119 e. The van der Waals surface area contributed by atoms with Crippen molar-refractivity contribution in [1.82, 2.24) is 0 Å². The van der Waals surface area contributed by atoms with E-state index in [1.807, 2.05) is 13.0 Å². The molecule has 2 N–H and O–H groups in total. The molecule has 19 heavy (non-hydrogen) atoms. The zero-order chi connectivity index (χ0) is 13.9. The molecule has 1 aromatic rings. The molecule has 2 nitrogen and oxygen atoms in total. The van der Waals surface area contributed by atoms with Crippen LogP contribution in [0, 0.1) is 0 Å². The van der Waals surface area contributed by atoms with Gasteiger partial charge in [0.15, 0.2) is 0 Å².